The van der Waals surface area contributed by atoms with Gasteiger partial charge in [0.05, 0.1) is 16.7 Å². The molecule has 0 fully saturated rings. The van der Waals surface area contributed by atoms with Crippen LogP contribution >= 0.6 is 0 Å². The zero-order chi connectivity index (χ0) is 34.8. The van der Waals surface area contributed by atoms with Crippen molar-refractivity contribution in [3.8, 4) is 39.2 Å². The fraction of sp³-hybridized carbons (Fsp3) is 0.0816. The Kier molecular flexibility index (Phi) is 7.07. The normalized spacial score (nSPS) is 11.8. The summed E-state index contributed by atoms with van der Waals surface area (Å²) in [5.74, 6) is 0. The highest BCUT2D eigenvalue weighted by Crippen LogP contribution is 2.41. The van der Waals surface area contributed by atoms with E-state index in [0.29, 0.717) is 0 Å². The fourth-order valence-electron chi connectivity index (χ4n) is 8.27. The summed E-state index contributed by atoms with van der Waals surface area (Å²) >= 11 is 0. The Morgan fingerprint density at radius 3 is 2.00 bits per heavy atom. The molecule has 3 heteroatoms. The largest absolute Gasteiger partial charge is 0.456 e. The number of nitrogens with zero attached hydrogens (tertiary/aromatic N) is 2. The zero-order valence-electron chi connectivity index (χ0n) is 29.2. The molecular weight excluding hydrogens is 633 g/mol. The van der Waals surface area contributed by atoms with Crippen molar-refractivity contribution in [1.82, 2.24) is 9.55 Å². The third-order valence-electron chi connectivity index (χ3n) is 10.8. The van der Waals surface area contributed by atoms with Gasteiger partial charge in [0.25, 0.3) is 0 Å². The summed E-state index contributed by atoms with van der Waals surface area (Å²) in [7, 11) is 0. The average Bonchev–Trinajstić information content (AvgIpc) is 3.76. The van der Waals surface area contributed by atoms with Crippen molar-refractivity contribution >= 4 is 54.5 Å². The number of aryl methyl sites for hydroxylation is 2. The predicted octanol–water partition coefficient (Wildman–Crippen LogP) is 13.4. The van der Waals surface area contributed by atoms with Gasteiger partial charge in [-0.1, -0.05) is 98.8 Å². The summed E-state index contributed by atoms with van der Waals surface area (Å²) < 4.78 is 8.62. The second kappa shape index (κ2) is 12.1. The smallest absolute Gasteiger partial charge is 0.135 e. The number of hydrogen-bond acceptors (Lipinski definition) is 2. The van der Waals surface area contributed by atoms with E-state index in [9.17, 15) is 0 Å². The Hall–Kier alpha value is -6.45. The maximum absolute atomic E-state index is 6.16. The van der Waals surface area contributed by atoms with Crippen LogP contribution in [0.2, 0.25) is 0 Å². The molecule has 0 unspecified atom stereocenters. The van der Waals surface area contributed by atoms with Gasteiger partial charge in [0.2, 0.25) is 0 Å². The van der Waals surface area contributed by atoms with Crippen molar-refractivity contribution in [3.63, 3.8) is 0 Å². The number of furan rings is 1. The van der Waals surface area contributed by atoms with E-state index >= 15 is 0 Å². The third-order valence-corrected chi connectivity index (χ3v) is 10.8. The van der Waals surface area contributed by atoms with Crippen LogP contribution in [0.4, 0.5) is 0 Å². The Morgan fingerprint density at radius 1 is 0.500 bits per heavy atom. The van der Waals surface area contributed by atoms with Crippen LogP contribution in [0.25, 0.3) is 93.7 Å². The minimum atomic E-state index is 0.916. The molecule has 0 aliphatic rings. The standard InChI is InChI=1S/C49H36N2O/c1-3-31-27-36(44-14-9-10-26-50-44)16-21-38(31)39-22-20-37(28-32(39)4-2)51-45-23-18-34(30-43(45)49-40-12-6-5-11-33(40)17-24-46(49)51)35-19-25-48-42(29-35)41-13-7-8-15-47(41)52-48/h5-30H,3-4H2,1-2H3. The predicted molar refractivity (Wildman–Crippen MR) is 218 cm³/mol. The first kappa shape index (κ1) is 30.4. The van der Waals surface area contributed by atoms with Crippen LogP contribution in [0.3, 0.4) is 0 Å². The van der Waals surface area contributed by atoms with Crippen molar-refractivity contribution in [2.75, 3.05) is 0 Å². The van der Waals surface area contributed by atoms with Crippen molar-refractivity contribution in [2.45, 2.75) is 26.7 Å². The number of para-hydroxylation sites is 1. The van der Waals surface area contributed by atoms with Crippen molar-refractivity contribution < 1.29 is 4.42 Å². The van der Waals surface area contributed by atoms with E-state index in [2.05, 4.69) is 157 Å². The molecule has 3 nitrogen and oxygen atoms in total. The highest BCUT2D eigenvalue weighted by atomic mass is 16.3. The molecule has 0 N–H and O–H groups in total. The van der Waals surface area contributed by atoms with Gasteiger partial charge in [-0.3, -0.25) is 4.98 Å². The second-order valence-electron chi connectivity index (χ2n) is 13.7. The summed E-state index contributed by atoms with van der Waals surface area (Å²) in [5, 5.41) is 7.34. The zero-order valence-corrected chi connectivity index (χ0v) is 29.2. The summed E-state index contributed by atoms with van der Waals surface area (Å²) in [6, 6.07) is 55.1. The fourth-order valence-corrected chi connectivity index (χ4v) is 8.27. The van der Waals surface area contributed by atoms with Crippen LogP contribution in [0, 0.1) is 0 Å². The van der Waals surface area contributed by atoms with E-state index in [4.69, 9.17) is 4.42 Å². The number of fused-ring (bicyclic) bond motifs is 8. The summed E-state index contributed by atoms with van der Waals surface area (Å²) in [4.78, 5) is 4.61. The maximum Gasteiger partial charge on any atom is 0.135 e. The highest BCUT2D eigenvalue weighted by Gasteiger charge is 2.18. The molecule has 0 amide bonds. The second-order valence-corrected chi connectivity index (χ2v) is 13.7. The van der Waals surface area contributed by atoms with Gasteiger partial charge in [0, 0.05) is 39.0 Å². The number of benzene rings is 7. The molecule has 0 radical (unpaired) electrons. The maximum atomic E-state index is 6.16. The molecule has 0 saturated carbocycles. The van der Waals surface area contributed by atoms with Gasteiger partial charge in [-0.2, -0.15) is 0 Å². The van der Waals surface area contributed by atoms with E-state index in [0.717, 1.165) is 46.0 Å². The van der Waals surface area contributed by atoms with E-state index in [1.165, 1.54) is 71.6 Å². The van der Waals surface area contributed by atoms with Gasteiger partial charge < -0.3 is 8.98 Å². The van der Waals surface area contributed by atoms with Gasteiger partial charge in [-0.15, -0.1) is 0 Å². The average molecular weight is 669 g/mol. The van der Waals surface area contributed by atoms with Crippen LogP contribution < -0.4 is 0 Å². The van der Waals surface area contributed by atoms with E-state index in [1.807, 2.05) is 24.4 Å². The summed E-state index contributed by atoms with van der Waals surface area (Å²) in [6.45, 7) is 4.51. The van der Waals surface area contributed by atoms with Crippen LogP contribution in [-0.2, 0) is 12.8 Å². The van der Waals surface area contributed by atoms with Gasteiger partial charge in [-0.25, -0.2) is 0 Å². The molecule has 0 bridgehead atoms. The molecule has 52 heavy (non-hydrogen) atoms. The number of rotatable bonds is 6. The molecule has 0 atom stereocenters. The molecule has 0 saturated heterocycles. The molecule has 0 aliphatic carbocycles. The van der Waals surface area contributed by atoms with Crippen molar-refractivity contribution in [1.29, 1.82) is 0 Å². The van der Waals surface area contributed by atoms with Gasteiger partial charge >= 0.3 is 0 Å². The van der Waals surface area contributed by atoms with E-state index in [1.54, 1.807) is 0 Å². The first-order chi connectivity index (χ1) is 25.7. The van der Waals surface area contributed by atoms with E-state index < -0.39 is 0 Å². The highest BCUT2D eigenvalue weighted by molar-refractivity contribution is 6.22. The number of pyridine rings is 1. The molecule has 10 aromatic rings. The monoisotopic (exact) mass is 668 g/mol. The quantitative estimate of drug-likeness (QED) is 0.177. The molecule has 248 valence electrons. The minimum absolute atomic E-state index is 0.916. The molecule has 3 heterocycles. The SMILES string of the molecule is CCc1cc(-c2ccccn2)ccc1-c1ccc(-n2c3ccc(-c4ccc5oc6ccccc6c5c4)cc3c3c4ccccc4ccc32)cc1CC. The lowest BCUT2D eigenvalue weighted by Gasteiger charge is -2.17. The lowest BCUT2D eigenvalue weighted by Crippen LogP contribution is -1.99. The topological polar surface area (TPSA) is 31.0 Å². The molecule has 0 aliphatic heterocycles. The first-order valence-corrected chi connectivity index (χ1v) is 18.2. The molecule has 0 spiro atoms. The minimum Gasteiger partial charge on any atom is -0.456 e. The van der Waals surface area contributed by atoms with Gasteiger partial charge in [0.1, 0.15) is 11.2 Å². The first-order valence-electron chi connectivity index (χ1n) is 18.2. The lowest BCUT2D eigenvalue weighted by molar-refractivity contribution is 0.669. The van der Waals surface area contributed by atoms with Gasteiger partial charge in [0.15, 0.2) is 0 Å². The molecule has 3 aromatic heterocycles. The molecular formula is C49H36N2O. The lowest BCUT2D eigenvalue weighted by atomic mass is 9.91. The van der Waals surface area contributed by atoms with Gasteiger partial charge in [-0.05, 0) is 124 Å². The summed E-state index contributed by atoms with van der Waals surface area (Å²) in [6.07, 6.45) is 3.75. The third kappa shape index (κ3) is 4.77. The van der Waals surface area contributed by atoms with Crippen LogP contribution in [0.15, 0.2) is 162 Å². The van der Waals surface area contributed by atoms with Crippen molar-refractivity contribution in [3.05, 3.63) is 169 Å². The Balaban J connectivity index is 1.15. The number of hydrogen-bond donors (Lipinski definition) is 0. The van der Waals surface area contributed by atoms with Crippen LogP contribution in [-0.4, -0.2) is 9.55 Å². The van der Waals surface area contributed by atoms with E-state index in [-0.39, 0.29) is 0 Å². The number of aromatic nitrogens is 2. The Labute approximate surface area is 302 Å². The van der Waals surface area contributed by atoms with Crippen LogP contribution in [0.1, 0.15) is 25.0 Å². The Morgan fingerprint density at radius 2 is 1.17 bits per heavy atom. The van der Waals surface area contributed by atoms with Crippen LogP contribution in [0.5, 0.6) is 0 Å². The molecule has 7 aromatic carbocycles. The van der Waals surface area contributed by atoms with Crippen molar-refractivity contribution in [2.24, 2.45) is 0 Å². The molecule has 10 rings (SSSR count). The summed E-state index contributed by atoms with van der Waals surface area (Å²) in [5.41, 5.74) is 15.2. The Bertz CT molecular complexity index is 2980.